The molecule has 2 aromatic rings. The average molecular weight is 275 g/mol. The van der Waals surface area contributed by atoms with Gasteiger partial charge in [-0.15, -0.1) is 0 Å². The van der Waals surface area contributed by atoms with Gasteiger partial charge < -0.3 is 15.0 Å². The van der Waals surface area contributed by atoms with E-state index in [1.807, 2.05) is 38.1 Å². The first-order valence-electron chi connectivity index (χ1n) is 6.91. The van der Waals surface area contributed by atoms with Gasteiger partial charge in [0.1, 0.15) is 5.75 Å². The minimum atomic E-state index is 0.0774. The molecule has 0 aliphatic heterocycles. The number of ether oxygens (including phenoxy) is 1. The monoisotopic (exact) mass is 275 g/mol. The zero-order valence-electron chi connectivity index (χ0n) is 12.2. The van der Waals surface area contributed by atoms with Crippen LogP contribution in [0.15, 0.2) is 28.8 Å². The van der Waals surface area contributed by atoms with E-state index in [2.05, 4.69) is 17.1 Å². The van der Waals surface area contributed by atoms with E-state index < -0.39 is 0 Å². The Morgan fingerprint density at radius 3 is 2.50 bits per heavy atom. The number of rotatable bonds is 6. The van der Waals surface area contributed by atoms with E-state index in [1.54, 1.807) is 0 Å². The third-order valence-corrected chi connectivity index (χ3v) is 3.11. The molecule has 0 bridgehead atoms. The highest BCUT2D eigenvalue weighted by Gasteiger charge is 2.10. The summed E-state index contributed by atoms with van der Waals surface area (Å²) < 4.78 is 10.7. The van der Waals surface area contributed by atoms with E-state index in [4.69, 9.17) is 15.0 Å². The minimum absolute atomic E-state index is 0.0774. The third kappa shape index (κ3) is 3.57. The highest BCUT2D eigenvalue weighted by Crippen LogP contribution is 2.19. The predicted octanol–water partition coefficient (Wildman–Crippen LogP) is 3.18. The van der Waals surface area contributed by atoms with Crippen molar-refractivity contribution in [2.45, 2.75) is 45.8 Å². The van der Waals surface area contributed by atoms with Crippen molar-refractivity contribution in [3.8, 4) is 5.75 Å². The molecule has 1 heterocycles. The van der Waals surface area contributed by atoms with Gasteiger partial charge in [0.05, 0.1) is 0 Å². The lowest BCUT2D eigenvalue weighted by Crippen LogP contribution is -2.08. The van der Waals surface area contributed by atoms with Gasteiger partial charge in [-0.1, -0.05) is 38.1 Å². The molecule has 0 fully saturated rings. The lowest BCUT2D eigenvalue weighted by atomic mass is 10.1. The second-order valence-electron chi connectivity index (χ2n) is 5.07. The van der Waals surface area contributed by atoms with Crippen LogP contribution >= 0.6 is 0 Å². The van der Waals surface area contributed by atoms with E-state index in [9.17, 15) is 0 Å². The van der Waals surface area contributed by atoms with Crippen LogP contribution in [0.5, 0.6) is 5.75 Å². The molecule has 0 saturated heterocycles. The standard InChI is InChI=1S/C15H21N3O2/c1-4-13(16)11-5-7-12(8-6-11)19-9-14-17-15(10(2)3)18-20-14/h5-8,10,13H,4,9,16H2,1-3H3. The molecule has 2 rings (SSSR count). The van der Waals surface area contributed by atoms with Crippen LogP contribution in [-0.4, -0.2) is 10.1 Å². The Labute approximate surface area is 119 Å². The first kappa shape index (κ1) is 14.5. The highest BCUT2D eigenvalue weighted by molar-refractivity contribution is 5.29. The fourth-order valence-corrected chi connectivity index (χ4v) is 1.75. The zero-order chi connectivity index (χ0) is 14.5. The molecule has 1 unspecified atom stereocenters. The summed E-state index contributed by atoms with van der Waals surface area (Å²) in [6.07, 6.45) is 0.917. The molecular weight excluding hydrogens is 254 g/mol. The third-order valence-electron chi connectivity index (χ3n) is 3.11. The van der Waals surface area contributed by atoms with Crippen LogP contribution in [0, 0.1) is 0 Å². The number of nitrogens with two attached hydrogens (primary N) is 1. The van der Waals surface area contributed by atoms with E-state index in [1.165, 1.54) is 0 Å². The minimum Gasteiger partial charge on any atom is -0.484 e. The SMILES string of the molecule is CCC(N)c1ccc(OCc2nc(C(C)C)no2)cc1. The summed E-state index contributed by atoms with van der Waals surface area (Å²) in [5.74, 6) is 2.21. The smallest absolute Gasteiger partial charge is 0.264 e. The van der Waals surface area contributed by atoms with Crippen molar-refractivity contribution in [1.29, 1.82) is 0 Å². The maximum atomic E-state index is 5.97. The fourth-order valence-electron chi connectivity index (χ4n) is 1.75. The first-order chi connectivity index (χ1) is 9.60. The average Bonchev–Trinajstić information content (AvgIpc) is 2.94. The molecule has 1 aromatic heterocycles. The van der Waals surface area contributed by atoms with Crippen molar-refractivity contribution in [3.05, 3.63) is 41.5 Å². The van der Waals surface area contributed by atoms with Crippen molar-refractivity contribution in [1.82, 2.24) is 10.1 Å². The van der Waals surface area contributed by atoms with Gasteiger partial charge in [0.25, 0.3) is 5.89 Å². The van der Waals surface area contributed by atoms with Crippen molar-refractivity contribution in [3.63, 3.8) is 0 Å². The normalized spacial score (nSPS) is 12.7. The Balaban J connectivity index is 1.93. The molecule has 2 N–H and O–H groups in total. The number of hydrogen-bond donors (Lipinski definition) is 1. The maximum Gasteiger partial charge on any atom is 0.264 e. The van der Waals surface area contributed by atoms with E-state index in [0.717, 1.165) is 17.7 Å². The summed E-state index contributed by atoms with van der Waals surface area (Å²) in [6.45, 7) is 6.38. The number of nitrogens with zero attached hydrogens (tertiary/aromatic N) is 2. The van der Waals surface area contributed by atoms with Crippen LogP contribution in [0.4, 0.5) is 0 Å². The molecule has 1 aromatic carbocycles. The molecule has 0 saturated carbocycles. The van der Waals surface area contributed by atoms with Gasteiger partial charge in [-0.2, -0.15) is 4.98 Å². The van der Waals surface area contributed by atoms with Crippen LogP contribution < -0.4 is 10.5 Å². The van der Waals surface area contributed by atoms with Crippen LogP contribution in [0.2, 0.25) is 0 Å². The molecule has 20 heavy (non-hydrogen) atoms. The van der Waals surface area contributed by atoms with Crippen molar-refractivity contribution in [2.75, 3.05) is 0 Å². The molecule has 0 radical (unpaired) electrons. The summed E-state index contributed by atoms with van der Waals surface area (Å²) >= 11 is 0. The van der Waals surface area contributed by atoms with E-state index >= 15 is 0 Å². The molecule has 1 atom stereocenters. The molecule has 5 nitrogen and oxygen atoms in total. The van der Waals surface area contributed by atoms with Gasteiger partial charge >= 0.3 is 0 Å². The number of aromatic nitrogens is 2. The molecule has 0 amide bonds. The van der Waals surface area contributed by atoms with Crippen LogP contribution in [0.25, 0.3) is 0 Å². The molecule has 0 aliphatic carbocycles. The van der Waals surface area contributed by atoms with Crippen molar-refractivity contribution >= 4 is 0 Å². The molecule has 0 spiro atoms. The zero-order valence-corrected chi connectivity index (χ0v) is 12.2. The highest BCUT2D eigenvalue weighted by atomic mass is 16.5. The first-order valence-corrected chi connectivity index (χ1v) is 6.91. The Morgan fingerprint density at radius 2 is 1.95 bits per heavy atom. The second kappa shape index (κ2) is 6.52. The van der Waals surface area contributed by atoms with E-state index in [0.29, 0.717) is 11.7 Å². The summed E-state index contributed by atoms with van der Waals surface area (Å²) in [4.78, 5) is 4.26. The van der Waals surface area contributed by atoms with Gasteiger partial charge in [-0.05, 0) is 24.1 Å². The predicted molar refractivity (Wildman–Crippen MR) is 76.4 cm³/mol. The number of benzene rings is 1. The summed E-state index contributed by atoms with van der Waals surface area (Å²) in [5, 5.41) is 3.89. The summed E-state index contributed by atoms with van der Waals surface area (Å²) in [5.41, 5.74) is 7.08. The summed E-state index contributed by atoms with van der Waals surface area (Å²) in [7, 11) is 0. The topological polar surface area (TPSA) is 74.2 Å². The molecule has 0 aliphatic rings. The van der Waals surface area contributed by atoms with Gasteiger partial charge in [-0.3, -0.25) is 0 Å². The largest absolute Gasteiger partial charge is 0.484 e. The maximum absolute atomic E-state index is 5.97. The number of hydrogen-bond acceptors (Lipinski definition) is 5. The Morgan fingerprint density at radius 1 is 1.25 bits per heavy atom. The van der Waals surface area contributed by atoms with Crippen LogP contribution in [0.3, 0.4) is 0 Å². The Hall–Kier alpha value is -1.88. The van der Waals surface area contributed by atoms with Crippen molar-refractivity contribution < 1.29 is 9.26 Å². The molecule has 5 heteroatoms. The van der Waals surface area contributed by atoms with E-state index in [-0.39, 0.29) is 18.6 Å². The lowest BCUT2D eigenvalue weighted by molar-refractivity contribution is 0.242. The Kier molecular flexibility index (Phi) is 4.74. The quantitative estimate of drug-likeness (QED) is 0.876. The molecular formula is C15H21N3O2. The van der Waals surface area contributed by atoms with Crippen LogP contribution in [-0.2, 0) is 6.61 Å². The van der Waals surface area contributed by atoms with Gasteiger partial charge in [0, 0.05) is 12.0 Å². The lowest BCUT2D eigenvalue weighted by Gasteiger charge is -2.10. The fraction of sp³-hybridized carbons (Fsp3) is 0.467. The Bertz CT molecular complexity index is 534. The van der Waals surface area contributed by atoms with Gasteiger partial charge in [0.2, 0.25) is 0 Å². The van der Waals surface area contributed by atoms with Gasteiger partial charge in [-0.25, -0.2) is 0 Å². The second-order valence-corrected chi connectivity index (χ2v) is 5.07. The van der Waals surface area contributed by atoms with Crippen molar-refractivity contribution in [2.24, 2.45) is 5.73 Å². The van der Waals surface area contributed by atoms with Crippen LogP contribution in [0.1, 0.15) is 56.4 Å². The summed E-state index contributed by atoms with van der Waals surface area (Å²) in [6, 6.07) is 7.86. The molecule has 108 valence electrons. The van der Waals surface area contributed by atoms with Gasteiger partial charge in [0.15, 0.2) is 12.4 Å².